The molecule has 2 heterocycles. The molecule has 0 bridgehead atoms. The van der Waals surface area contributed by atoms with E-state index < -0.39 is 5.97 Å². The number of nitrogens with zero attached hydrogens (tertiary/aromatic N) is 1. The van der Waals surface area contributed by atoms with Crippen molar-refractivity contribution in [2.45, 2.75) is 6.42 Å². The first-order valence-corrected chi connectivity index (χ1v) is 6.93. The van der Waals surface area contributed by atoms with Crippen molar-refractivity contribution in [1.82, 2.24) is 10.3 Å². The van der Waals surface area contributed by atoms with Gasteiger partial charge in [-0.15, -0.1) is 11.3 Å². The summed E-state index contributed by atoms with van der Waals surface area (Å²) in [6.45, 7) is 0.555. The van der Waals surface area contributed by atoms with E-state index in [-0.39, 0.29) is 11.6 Å². The molecule has 0 radical (unpaired) electrons. The lowest BCUT2D eigenvalue weighted by atomic mass is 10.2. The average molecular weight is 290 g/mol. The van der Waals surface area contributed by atoms with Crippen molar-refractivity contribution in [2.24, 2.45) is 0 Å². The van der Waals surface area contributed by atoms with Gasteiger partial charge in [-0.1, -0.05) is 6.07 Å². The third kappa shape index (κ3) is 3.64. The Balaban J connectivity index is 1.87. The van der Waals surface area contributed by atoms with Gasteiger partial charge < -0.3 is 10.1 Å². The normalized spacial score (nSPS) is 10.1. The number of ether oxygens (including phenoxy) is 1. The van der Waals surface area contributed by atoms with Crippen LogP contribution in [0.4, 0.5) is 0 Å². The maximum Gasteiger partial charge on any atom is 0.339 e. The predicted molar refractivity (Wildman–Crippen MR) is 75.9 cm³/mol. The fourth-order valence-corrected chi connectivity index (χ4v) is 2.32. The molecular formula is C14H14N2O3S. The highest BCUT2D eigenvalue weighted by Gasteiger charge is 2.10. The molecule has 20 heavy (non-hydrogen) atoms. The van der Waals surface area contributed by atoms with Crippen molar-refractivity contribution in [2.75, 3.05) is 13.7 Å². The molecule has 0 atom stereocenters. The van der Waals surface area contributed by atoms with Gasteiger partial charge in [0.25, 0.3) is 5.91 Å². The van der Waals surface area contributed by atoms with Gasteiger partial charge in [0, 0.05) is 17.6 Å². The molecule has 0 aliphatic carbocycles. The molecule has 0 fully saturated rings. The van der Waals surface area contributed by atoms with Gasteiger partial charge in [-0.05, 0) is 30.0 Å². The summed E-state index contributed by atoms with van der Waals surface area (Å²) >= 11 is 1.66. The minimum atomic E-state index is -0.470. The Morgan fingerprint density at radius 1 is 1.35 bits per heavy atom. The van der Waals surface area contributed by atoms with Crippen LogP contribution < -0.4 is 5.32 Å². The number of hydrogen-bond acceptors (Lipinski definition) is 5. The molecule has 0 aliphatic heterocycles. The van der Waals surface area contributed by atoms with Crippen LogP contribution in [0.25, 0.3) is 0 Å². The number of aromatic nitrogens is 1. The summed E-state index contributed by atoms with van der Waals surface area (Å²) in [6.07, 6.45) is 2.13. The zero-order valence-electron chi connectivity index (χ0n) is 11.0. The van der Waals surface area contributed by atoms with Crippen molar-refractivity contribution in [1.29, 1.82) is 0 Å². The number of rotatable bonds is 5. The Morgan fingerprint density at radius 3 is 2.80 bits per heavy atom. The lowest BCUT2D eigenvalue weighted by molar-refractivity contribution is 0.0599. The summed E-state index contributed by atoms with van der Waals surface area (Å²) in [5, 5.41) is 4.79. The molecule has 0 saturated heterocycles. The Bertz CT molecular complexity index is 579. The second kappa shape index (κ2) is 6.81. The highest BCUT2D eigenvalue weighted by molar-refractivity contribution is 7.09. The van der Waals surface area contributed by atoms with Gasteiger partial charge in [0.1, 0.15) is 5.69 Å². The highest BCUT2D eigenvalue weighted by atomic mass is 32.1. The molecule has 2 aromatic rings. The van der Waals surface area contributed by atoms with Crippen molar-refractivity contribution in [3.05, 3.63) is 52.0 Å². The monoisotopic (exact) mass is 290 g/mol. The van der Waals surface area contributed by atoms with Crippen molar-refractivity contribution in [3.8, 4) is 0 Å². The minimum Gasteiger partial charge on any atom is -0.465 e. The summed E-state index contributed by atoms with van der Waals surface area (Å²) in [4.78, 5) is 28.2. The van der Waals surface area contributed by atoms with Gasteiger partial charge >= 0.3 is 5.97 Å². The average Bonchev–Trinajstić information content (AvgIpc) is 2.99. The minimum absolute atomic E-state index is 0.252. The van der Waals surface area contributed by atoms with Crippen LogP contribution in [0.1, 0.15) is 25.7 Å². The van der Waals surface area contributed by atoms with E-state index in [4.69, 9.17) is 0 Å². The first kappa shape index (κ1) is 14.2. The van der Waals surface area contributed by atoms with E-state index in [1.165, 1.54) is 30.3 Å². The molecule has 2 aromatic heterocycles. The van der Waals surface area contributed by atoms with Crippen LogP contribution >= 0.6 is 11.3 Å². The predicted octanol–water partition coefficient (Wildman–Crippen LogP) is 1.90. The quantitative estimate of drug-likeness (QED) is 0.854. The number of amides is 1. The van der Waals surface area contributed by atoms with E-state index in [1.807, 2.05) is 17.5 Å². The number of carbonyl (C=O) groups excluding carboxylic acids is 2. The van der Waals surface area contributed by atoms with Gasteiger partial charge in [0.05, 0.1) is 12.7 Å². The number of hydrogen-bond donors (Lipinski definition) is 1. The lowest BCUT2D eigenvalue weighted by Crippen LogP contribution is -2.26. The Hall–Kier alpha value is -2.21. The maximum atomic E-state index is 11.8. The largest absolute Gasteiger partial charge is 0.465 e. The number of pyridine rings is 1. The molecule has 1 N–H and O–H groups in total. The van der Waals surface area contributed by atoms with E-state index in [2.05, 4.69) is 15.0 Å². The van der Waals surface area contributed by atoms with E-state index in [0.717, 1.165) is 6.42 Å². The zero-order valence-corrected chi connectivity index (χ0v) is 11.8. The summed E-state index contributed by atoms with van der Waals surface area (Å²) in [6, 6.07) is 7.04. The topological polar surface area (TPSA) is 68.3 Å². The van der Waals surface area contributed by atoms with E-state index >= 15 is 0 Å². The SMILES string of the molecule is COC(=O)c1ccc(C(=O)NCCc2cccs2)nc1. The maximum absolute atomic E-state index is 11.8. The fourth-order valence-electron chi connectivity index (χ4n) is 1.61. The summed E-state index contributed by atoms with van der Waals surface area (Å²) in [5.74, 6) is -0.722. The van der Waals surface area contributed by atoms with Crippen LogP contribution in [0.3, 0.4) is 0 Å². The number of thiophene rings is 1. The van der Waals surface area contributed by atoms with Crippen LogP contribution in [0, 0.1) is 0 Å². The van der Waals surface area contributed by atoms with Crippen molar-refractivity contribution >= 4 is 23.2 Å². The van der Waals surface area contributed by atoms with Gasteiger partial charge in [0.2, 0.25) is 0 Å². The second-order valence-corrected chi connectivity index (χ2v) is 5.04. The smallest absolute Gasteiger partial charge is 0.339 e. The molecule has 6 heteroatoms. The van der Waals surface area contributed by atoms with Crippen molar-refractivity contribution < 1.29 is 14.3 Å². The third-order valence-electron chi connectivity index (χ3n) is 2.65. The van der Waals surface area contributed by atoms with Crippen LogP contribution in [0.15, 0.2) is 35.8 Å². The summed E-state index contributed by atoms with van der Waals surface area (Å²) < 4.78 is 4.56. The molecule has 0 spiro atoms. The first-order chi connectivity index (χ1) is 9.70. The Morgan fingerprint density at radius 2 is 2.20 bits per heavy atom. The Labute approximate surface area is 120 Å². The molecular weight excluding hydrogens is 276 g/mol. The number of esters is 1. The Kier molecular flexibility index (Phi) is 4.84. The highest BCUT2D eigenvalue weighted by Crippen LogP contribution is 2.08. The van der Waals surface area contributed by atoms with Crippen LogP contribution in [-0.4, -0.2) is 30.5 Å². The molecule has 0 unspecified atom stereocenters. The van der Waals surface area contributed by atoms with Gasteiger partial charge in [0.15, 0.2) is 0 Å². The third-order valence-corrected chi connectivity index (χ3v) is 3.59. The molecule has 5 nitrogen and oxygen atoms in total. The van der Waals surface area contributed by atoms with E-state index in [0.29, 0.717) is 12.1 Å². The standard InChI is InChI=1S/C14H14N2O3S/c1-19-14(18)10-4-5-12(16-9-10)13(17)15-7-6-11-3-2-8-20-11/h2-5,8-9H,6-7H2,1H3,(H,15,17). The van der Waals surface area contributed by atoms with E-state index in [1.54, 1.807) is 11.3 Å². The molecule has 1 amide bonds. The van der Waals surface area contributed by atoms with E-state index in [9.17, 15) is 9.59 Å². The second-order valence-electron chi connectivity index (χ2n) is 4.01. The fraction of sp³-hybridized carbons (Fsp3) is 0.214. The number of carbonyl (C=O) groups is 2. The van der Waals surface area contributed by atoms with Gasteiger partial charge in [-0.25, -0.2) is 4.79 Å². The van der Waals surface area contributed by atoms with Crippen LogP contribution in [0.5, 0.6) is 0 Å². The molecule has 0 aliphatic rings. The number of nitrogens with one attached hydrogen (secondary N) is 1. The molecule has 2 rings (SSSR count). The van der Waals surface area contributed by atoms with Crippen LogP contribution in [-0.2, 0) is 11.2 Å². The lowest BCUT2D eigenvalue weighted by Gasteiger charge is -2.04. The summed E-state index contributed by atoms with van der Waals surface area (Å²) in [5.41, 5.74) is 0.603. The van der Waals surface area contributed by atoms with Crippen LogP contribution in [0.2, 0.25) is 0 Å². The van der Waals surface area contributed by atoms with Gasteiger partial charge in [-0.3, -0.25) is 9.78 Å². The number of methoxy groups -OCH3 is 1. The molecule has 104 valence electrons. The first-order valence-electron chi connectivity index (χ1n) is 6.05. The molecule has 0 aromatic carbocycles. The van der Waals surface area contributed by atoms with Gasteiger partial charge in [-0.2, -0.15) is 0 Å². The summed E-state index contributed by atoms with van der Waals surface area (Å²) in [7, 11) is 1.30. The van der Waals surface area contributed by atoms with Crippen molar-refractivity contribution in [3.63, 3.8) is 0 Å². The zero-order chi connectivity index (χ0) is 14.4. The molecule has 0 saturated carbocycles.